The van der Waals surface area contributed by atoms with Crippen LogP contribution >= 0.6 is 12.2 Å². The Labute approximate surface area is 128 Å². The molecule has 1 N–H and O–H groups in total. The van der Waals surface area contributed by atoms with E-state index in [2.05, 4.69) is 10.2 Å². The molecule has 1 aromatic heterocycles. The van der Waals surface area contributed by atoms with Gasteiger partial charge in [0, 0.05) is 5.56 Å². The lowest BCUT2D eigenvalue weighted by molar-refractivity contribution is 0.339. The fraction of sp³-hybridized carbons (Fsp3) is 0.125. The van der Waals surface area contributed by atoms with Crippen LogP contribution in [0.1, 0.15) is 6.92 Å². The molecule has 0 fully saturated rings. The van der Waals surface area contributed by atoms with Gasteiger partial charge in [-0.15, -0.1) is 0 Å². The van der Waals surface area contributed by atoms with Crippen LogP contribution in [0.3, 0.4) is 0 Å². The van der Waals surface area contributed by atoms with Crippen LogP contribution in [0.15, 0.2) is 54.6 Å². The molecule has 0 atom stereocenters. The number of aromatic amines is 1. The third kappa shape index (κ3) is 2.60. The molecule has 0 amide bonds. The molecule has 1 heterocycles. The van der Waals surface area contributed by atoms with Crippen LogP contribution in [0.2, 0.25) is 0 Å². The standard InChI is InChI=1S/C16H15N3OS/c1-2-20-14-11-7-6-10-13(14)19-15(17-18-16(19)21)12-8-4-3-5-9-12/h3-11H,2H2,1H3,(H,18,21). The molecule has 3 aromatic rings. The molecule has 0 unspecified atom stereocenters. The zero-order chi connectivity index (χ0) is 14.7. The molecule has 0 saturated carbocycles. The Balaban J connectivity index is 2.20. The summed E-state index contributed by atoms with van der Waals surface area (Å²) in [6, 6.07) is 17.8. The minimum Gasteiger partial charge on any atom is -0.492 e. The maximum atomic E-state index is 5.70. The minimum atomic E-state index is 0.543. The second-order valence-electron chi connectivity index (χ2n) is 4.45. The van der Waals surface area contributed by atoms with Crippen molar-refractivity contribution in [1.82, 2.24) is 14.8 Å². The summed E-state index contributed by atoms with van der Waals surface area (Å²) >= 11 is 5.39. The number of nitrogens with one attached hydrogen (secondary N) is 1. The third-order valence-electron chi connectivity index (χ3n) is 3.11. The summed E-state index contributed by atoms with van der Waals surface area (Å²) in [5.41, 5.74) is 1.88. The molecule has 0 radical (unpaired) electrons. The molecule has 0 bridgehead atoms. The Bertz CT molecular complexity index is 793. The molecular formula is C16H15N3OS. The normalized spacial score (nSPS) is 10.5. The first-order valence-electron chi connectivity index (χ1n) is 6.76. The second kappa shape index (κ2) is 5.93. The van der Waals surface area contributed by atoms with Gasteiger partial charge in [0.05, 0.1) is 12.3 Å². The average molecular weight is 297 g/mol. The molecule has 106 valence electrons. The summed E-state index contributed by atoms with van der Waals surface area (Å²) in [6.07, 6.45) is 0. The Morgan fingerprint density at radius 1 is 1.10 bits per heavy atom. The zero-order valence-electron chi connectivity index (χ0n) is 11.6. The topological polar surface area (TPSA) is 42.8 Å². The molecule has 3 rings (SSSR count). The Morgan fingerprint density at radius 3 is 2.57 bits per heavy atom. The molecule has 0 aliphatic carbocycles. The van der Waals surface area contributed by atoms with Crippen molar-refractivity contribution < 1.29 is 4.74 Å². The molecule has 0 aliphatic rings. The van der Waals surface area contributed by atoms with Crippen molar-refractivity contribution in [2.45, 2.75) is 6.92 Å². The number of hydrogen-bond donors (Lipinski definition) is 1. The van der Waals surface area contributed by atoms with Gasteiger partial charge < -0.3 is 4.74 Å². The van der Waals surface area contributed by atoms with E-state index in [1.54, 1.807) is 0 Å². The van der Waals surface area contributed by atoms with Gasteiger partial charge in [0.15, 0.2) is 10.6 Å². The highest BCUT2D eigenvalue weighted by Gasteiger charge is 2.13. The number of rotatable bonds is 4. The highest BCUT2D eigenvalue weighted by atomic mass is 32.1. The summed E-state index contributed by atoms with van der Waals surface area (Å²) in [5.74, 6) is 1.56. The second-order valence-corrected chi connectivity index (χ2v) is 4.84. The van der Waals surface area contributed by atoms with E-state index in [4.69, 9.17) is 17.0 Å². The van der Waals surface area contributed by atoms with Crippen LogP contribution in [-0.4, -0.2) is 21.4 Å². The first kappa shape index (κ1) is 13.6. The Kier molecular flexibility index (Phi) is 3.83. The number of aromatic nitrogens is 3. The highest BCUT2D eigenvalue weighted by molar-refractivity contribution is 7.71. The lowest BCUT2D eigenvalue weighted by Crippen LogP contribution is -2.02. The molecule has 0 aliphatic heterocycles. The van der Waals surface area contributed by atoms with Crippen molar-refractivity contribution >= 4 is 12.2 Å². The summed E-state index contributed by atoms with van der Waals surface area (Å²) in [7, 11) is 0. The predicted octanol–water partition coefficient (Wildman–Crippen LogP) is 4.00. The third-order valence-corrected chi connectivity index (χ3v) is 3.38. The lowest BCUT2D eigenvalue weighted by Gasteiger charge is -2.12. The first-order valence-corrected chi connectivity index (χ1v) is 7.17. The number of benzene rings is 2. The zero-order valence-corrected chi connectivity index (χ0v) is 12.4. The van der Waals surface area contributed by atoms with Gasteiger partial charge >= 0.3 is 0 Å². The molecule has 5 heteroatoms. The summed E-state index contributed by atoms with van der Waals surface area (Å²) in [6.45, 7) is 2.56. The number of ether oxygens (including phenoxy) is 1. The summed E-state index contributed by atoms with van der Waals surface area (Å²) < 4.78 is 8.14. The molecular weight excluding hydrogens is 282 g/mol. The van der Waals surface area contributed by atoms with Crippen LogP contribution in [0, 0.1) is 4.77 Å². The first-order chi connectivity index (χ1) is 10.3. The van der Waals surface area contributed by atoms with Gasteiger partial charge in [-0.2, -0.15) is 5.10 Å². The Hall–Kier alpha value is -2.40. The smallest absolute Gasteiger partial charge is 0.200 e. The van der Waals surface area contributed by atoms with Gasteiger partial charge in [0.25, 0.3) is 0 Å². The van der Waals surface area contributed by atoms with E-state index in [9.17, 15) is 0 Å². The monoisotopic (exact) mass is 297 g/mol. The van der Waals surface area contributed by atoms with Crippen molar-refractivity contribution in [2.75, 3.05) is 6.61 Å². The molecule has 2 aromatic carbocycles. The molecule has 0 saturated heterocycles. The fourth-order valence-corrected chi connectivity index (χ4v) is 2.45. The summed E-state index contributed by atoms with van der Waals surface area (Å²) in [4.78, 5) is 0. The van der Waals surface area contributed by atoms with E-state index in [1.165, 1.54) is 0 Å². The molecule has 0 spiro atoms. The maximum absolute atomic E-state index is 5.70. The van der Waals surface area contributed by atoms with E-state index in [0.29, 0.717) is 11.4 Å². The Morgan fingerprint density at radius 2 is 1.81 bits per heavy atom. The number of para-hydroxylation sites is 2. The lowest BCUT2D eigenvalue weighted by atomic mass is 10.2. The van der Waals surface area contributed by atoms with E-state index in [0.717, 1.165) is 22.8 Å². The van der Waals surface area contributed by atoms with Gasteiger partial charge in [-0.25, -0.2) is 0 Å². The van der Waals surface area contributed by atoms with Crippen LogP contribution in [0.4, 0.5) is 0 Å². The van der Waals surface area contributed by atoms with Crippen molar-refractivity contribution in [2.24, 2.45) is 0 Å². The number of H-pyrrole nitrogens is 1. The maximum Gasteiger partial charge on any atom is 0.200 e. The average Bonchev–Trinajstić information content (AvgIpc) is 2.91. The van der Waals surface area contributed by atoms with Gasteiger partial charge in [-0.1, -0.05) is 42.5 Å². The van der Waals surface area contributed by atoms with Crippen LogP contribution in [0.5, 0.6) is 5.75 Å². The van der Waals surface area contributed by atoms with E-state index >= 15 is 0 Å². The van der Waals surface area contributed by atoms with Gasteiger partial charge in [-0.3, -0.25) is 9.67 Å². The predicted molar refractivity (Wildman–Crippen MR) is 85.4 cm³/mol. The number of nitrogens with zero attached hydrogens (tertiary/aromatic N) is 2. The van der Waals surface area contributed by atoms with Crippen molar-refractivity contribution in [3.63, 3.8) is 0 Å². The molecule has 4 nitrogen and oxygen atoms in total. The van der Waals surface area contributed by atoms with E-state index in [-0.39, 0.29) is 0 Å². The van der Waals surface area contributed by atoms with Crippen LogP contribution < -0.4 is 4.74 Å². The van der Waals surface area contributed by atoms with Crippen molar-refractivity contribution in [1.29, 1.82) is 0 Å². The summed E-state index contributed by atoms with van der Waals surface area (Å²) in [5, 5.41) is 7.22. The van der Waals surface area contributed by atoms with E-state index in [1.807, 2.05) is 66.1 Å². The minimum absolute atomic E-state index is 0.543. The van der Waals surface area contributed by atoms with Crippen molar-refractivity contribution in [3.8, 4) is 22.8 Å². The number of hydrogen-bond acceptors (Lipinski definition) is 3. The van der Waals surface area contributed by atoms with Gasteiger partial charge in [-0.05, 0) is 31.3 Å². The SMILES string of the molecule is CCOc1ccccc1-n1c(-c2ccccc2)n[nH]c1=S. The largest absolute Gasteiger partial charge is 0.492 e. The van der Waals surface area contributed by atoms with Crippen molar-refractivity contribution in [3.05, 3.63) is 59.4 Å². The van der Waals surface area contributed by atoms with Crippen LogP contribution in [0.25, 0.3) is 17.1 Å². The molecule has 21 heavy (non-hydrogen) atoms. The quantitative estimate of drug-likeness (QED) is 0.740. The van der Waals surface area contributed by atoms with E-state index < -0.39 is 0 Å². The van der Waals surface area contributed by atoms with Gasteiger partial charge in [0.2, 0.25) is 0 Å². The van der Waals surface area contributed by atoms with Gasteiger partial charge in [0.1, 0.15) is 5.75 Å². The fourth-order valence-electron chi connectivity index (χ4n) is 2.22. The highest BCUT2D eigenvalue weighted by Crippen LogP contribution is 2.27. The van der Waals surface area contributed by atoms with Crippen LogP contribution in [-0.2, 0) is 0 Å².